The molecule has 3 aromatic rings. The molecule has 25 heavy (non-hydrogen) atoms. The molecule has 0 aliphatic carbocycles. The Kier molecular flexibility index (Phi) is 5.52. The van der Waals surface area contributed by atoms with Crippen molar-refractivity contribution in [3.05, 3.63) is 101 Å². The number of rotatable bonds is 6. The number of ketones is 1. The van der Waals surface area contributed by atoms with Crippen LogP contribution < -0.4 is 0 Å². The van der Waals surface area contributed by atoms with E-state index >= 15 is 0 Å². The Morgan fingerprint density at radius 2 is 1.32 bits per heavy atom. The zero-order valence-corrected chi connectivity index (χ0v) is 14.5. The second-order valence-electron chi connectivity index (χ2n) is 6.13. The van der Waals surface area contributed by atoms with Gasteiger partial charge in [0.2, 0.25) is 0 Å². The minimum atomic E-state index is -0.173. The molecule has 126 valence electrons. The fraction of sp³-hybridized carbons (Fsp3) is 0.136. The first kappa shape index (κ1) is 17.2. The van der Waals surface area contributed by atoms with Gasteiger partial charge >= 0.3 is 0 Å². The molecule has 0 spiro atoms. The van der Waals surface area contributed by atoms with Crippen LogP contribution in [-0.4, -0.2) is 10.9 Å². The number of phenolic OH excluding ortho intramolecular Hbond substituents is 1. The van der Waals surface area contributed by atoms with Gasteiger partial charge in [-0.05, 0) is 48.2 Å². The summed E-state index contributed by atoms with van der Waals surface area (Å²) in [7, 11) is 0. The minimum Gasteiger partial charge on any atom is -0.508 e. The van der Waals surface area contributed by atoms with Gasteiger partial charge in [-0.25, -0.2) is 0 Å². The SMILES string of the molecule is O=C(c1ccccc1)C(Cc1ccc(O)cc1)Cc1ccc(Cl)cc1. The van der Waals surface area contributed by atoms with Crippen molar-refractivity contribution in [3.8, 4) is 5.75 Å². The maximum absolute atomic E-state index is 13.0. The fourth-order valence-corrected chi connectivity index (χ4v) is 3.04. The Morgan fingerprint density at radius 3 is 1.88 bits per heavy atom. The summed E-state index contributed by atoms with van der Waals surface area (Å²) in [5.74, 6) is 0.184. The van der Waals surface area contributed by atoms with Crippen molar-refractivity contribution < 1.29 is 9.90 Å². The van der Waals surface area contributed by atoms with Gasteiger partial charge in [-0.1, -0.05) is 66.2 Å². The van der Waals surface area contributed by atoms with E-state index in [9.17, 15) is 9.90 Å². The average Bonchev–Trinajstić information content (AvgIpc) is 2.65. The second kappa shape index (κ2) is 8.00. The number of benzene rings is 3. The molecular weight excluding hydrogens is 332 g/mol. The van der Waals surface area contributed by atoms with E-state index in [1.165, 1.54) is 0 Å². The minimum absolute atomic E-state index is 0.128. The molecule has 0 aliphatic heterocycles. The van der Waals surface area contributed by atoms with Crippen molar-refractivity contribution in [2.45, 2.75) is 12.8 Å². The lowest BCUT2D eigenvalue weighted by molar-refractivity contribution is 0.0918. The Labute approximate surface area is 152 Å². The normalized spacial score (nSPS) is 11.9. The second-order valence-corrected chi connectivity index (χ2v) is 6.56. The van der Waals surface area contributed by atoms with Crippen LogP contribution in [0, 0.1) is 5.92 Å². The van der Waals surface area contributed by atoms with Gasteiger partial charge in [0.15, 0.2) is 5.78 Å². The quantitative estimate of drug-likeness (QED) is 0.610. The summed E-state index contributed by atoms with van der Waals surface area (Å²) < 4.78 is 0. The Bertz CT molecular complexity index is 777. The Morgan fingerprint density at radius 1 is 0.800 bits per heavy atom. The predicted molar refractivity (Wildman–Crippen MR) is 101 cm³/mol. The summed E-state index contributed by atoms with van der Waals surface area (Å²) in [6.07, 6.45) is 1.27. The summed E-state index contributed by atoms with van der Waals surface area (Å²) in [5, 5.41) is 10.1. The molecule has 0 heterocycles. The number of hydrogen-bond acceptors (Lipinski definition) is 2. The smallest absolute Gasteiger partial charge is 0.166 e. The molecule has 0 fully saturated rings. The molecule has 0 bridgehead atoms. The van der Waals surface area contributed by atoms with Crippen LogP contribution in [0.15, 0.2) is 78.9 Å². The van der Waals surface area contributed by atoms with E-state index in [0.29, 0.717) is 17.9 Å². The van der Waals surface area contributed by atoms with Gasteiger partial charge in [-0.2, -0.15) is 0 Å². The first-order valence-corrected chi connectivity index (χ1v) is 8.61. The third kappa shape index (κ3) is 4.71. The van der Waals surface area contributed by atoms with E-state index < -0.39 is 0 Å². The van der Waals surface area contributed by atoms with Gasteiger partial charge in [0.05, 0.1) is 0 Å². The average molecular weight is 351 g/mol. The molecule has 0 saturated carbocycles. The van der Waals surface area contributed by atoms with Crippen molar-refractivity contribution in [1.82, 2.24) is 0 Å². The topological polar surface area (TPSA) is 37.3 Å². The molecule has 3 heteroatoms. The number of hydrogen-bond donors (Lipinski definition) is 1. The zero-order valence-electron chi connectivity index (χ0n) is 13.7. The summed E-state index contributed by atoms with van der Waals surface area (Å²) in [5.41, 5.74) is 2.83. The molecule has 0 aromatic heterocycles. The maximum Gasteiger partial charge on any atom is 0.166 e. The molecule has 1 N–H and O–H groups in total. The highest BCUT2D eigenvalue weighted by atomic mass is 35.5. The summed E-state index contributed by atoms with van der Waals surface area (Å²) in [6, 6.07) is 24.0. The van der Waals surface area contributed by atoms with Crippen molar-refractivity contribution >= 4 is 17.4 Å². The van der Waals surface area contributed by atoms with E-state index in [-0.39, 0.29) is 17.5 Å². The van der Waals surface area contributed by atoms with Crippen LogP contribution in [0.5, 0.6) is 5.75 Å². The van der Waals surface area contributed by atoms with Crippen molar-refractivity contribution in [1.29, 1.82) is 0 Å². The molecule has 3 rings (SSSR count). The molecular formula is C22H19ClO2. The van der Waals surface area contributed by atoms with Crippen molar-refractivity contribution in [3.63, 3.8) is 0 Å². The molecule has 3 aromatic carbocycles. The van der Waals surface area contributed by atoms with Crippen molar-refractivity contribution in [2.24, 2.45) is 5.92 Å². The van der Waals surface area contributed by atoms with Gasteiger partial charge < -0.3 is 5.11 Å². The number of carbonyl (C=O) groups is 1. The van der Waals surface area contributed by atoms with Gasteiger partial charge in [0, 0.05) is 16.5 Å². The zero-order chi connectivity index (χ0) is 17.6. The van der Waals surface area contributed by atoms with Crippen LogP contribution >= 0.6 is 11.6 Å². The standard InChI is InChI=1S/C22H19ClO2/c23-20-10-6-16(7-11-20)14-19(15-17-8-12-21(24)13-9-17)22(25)18-4-2-1-3-5-18/h1-13,19,24H,14-15H2. The molecule has 0 aliphatic rings. The fourth-order valence-electron chi connectivity index (χ4n) is 2.92. The van der Waals surface area contributed by atoms with Crippen molar-refractivity contribution in [2.75, 3.05) is 0 Å². The first-order valence-electron chi connectivity index (χ1n) is 8.23. The Balaban J connectivity index is 1.85. The Hall–Kier alpha value is -2.58. The van der Waals surface area contributed by atoms with Crippen LogP contribution in [0.2, 0.25) is 5.02 Å². The molecule has 2 nitrogen and oxygen atoms in total. The lowest BCUT2D eigenvalue weighted by Gasteiger charge is -2.17. The summed E-state index contributed by atoms with van der Waals surface area (Å²) >= 11 is 5.96. The van der Waals surface area contributed by atoms with Crippen LogP contribution in [-0.2, 0) is 12.8 Å². The van der Waals surface area contributed by atoms with E-state index in [0.717, 1.165) is 16.7 Å². The number of Topliss-reactive ketones (excluding diaryl/α,β-unsaturated/α-hetero) is 1. The highest BCUT2D eigenvalue weighted by Crippen LogP contribution is 2.22. The molecule has 0 saturated heterocycles. The lowest BCUT2D eigenvalue weighted by Crippen LogP contribution is -2.20. The monoisotopic (exact) mass is 350 g/mol. The van der Waals surface area contributed by atoms with E-state index in [1.807, 2.05) is 66.7 Å². The third-order valence-corrected chi connectivity index (χ3v) is 4.49. The summed E-state index contributed by atoms with van der Waals surface area (Å²) in [6.45, 7) is 0. The number of phenols is 1. The lowest BCUT2D eigenvalue weighted by atomic mass is 9.86. The van der Waals surface area contributed by atoms with Gasteiger partial charge in [0.25, 0.3) is 0 Å². The van der Waals surface area contributed by atoms with Crippen LogP contribution in [0.25, 0.3) is 0 Å². The largest absolute Gasteiger partial charge is 0.508 e. The van der Waals surface area contributed by atoms with Gasteiger partial charge in [0.1, 0.15) is 5.75 Å². The highest BCUT2D eigenvalue weighted by Gasteiger charge is 2.21. The van der Waals surface area contributed by atoms with E-state index in [2.05, 4.69) is 0 Å². The van der Waals surface area contributed by atoms with Crippen LogP contribution in [0.1, 0.15) is 21.5 Å². The molecule has 1 atom stereocenters. The first-order chi connectivity index (χ1) is 12.1. The van der Waals surface area contributed by atoms with E-state index in [4.69, 9.17) is 11.6 Å². The number of carbonyl (C=O) groups excluding carboxylic acids is 1. The van der Waals surface area contributed by atoms with Crippen LogP contribution in [0.4, 0.5) is 0 Å². The molecule has 0 radical (unpaired) electrons. The number of aromatic hydroxyl groups is 1. The van der Waals surface area contributed by atoms with E-state index in [1.54, 1.807) is 12.1 Å². The highest BCUT2D eigenvalue weighted by molar-refractivity contribution is 6.30. The molecule has 1 unspecified atom stereocenters. The van der Waals surface area contributed by atoms with Crippen LogP contribution in [0.3, 0.4) is 0 Å². The molecule has 0 amide bonds. The van der Waals surface area contributed by atoms with Gasteiger partial charge in [-0.3, -0.25) is 4.79 Å². The number of halogens is 1. The maximum atomic E-state index is 13.0. The van der Waals surface area contributed by atoms with Gasteiger partial charge in [-0.15, -0.1) is 0 Å². The third-order valence-electron chi connectivity index (χ3n) is 4.24. The predicted octanol–water partition coefficient (Wildman–Crippen LogP) is 5.33. The summed E-state index contributed by atoms with van der Waals surface area (Å²) in [4.78, 5) is 13.0.